The first kappa shape index (κ1) is 22.9. The number of halogens is 1. The van der Waals surface area contributed by atoms with Crippen molar-refractivity contribution < 1.29 is 18.0 Å². The highest BCUT2D eigenvalue weighted by Crippen LogP contribution is 2.39. The summed E-state index contributed by atoms with van der Waals surface area (Å²) < 4.78 is 25.9. The summed E-state index contributed by atoms with van der Waals surface area (Å²) in [6.07, 6.45) is 6.52. The number of carbonyl (C=O) groups excluding carboxylic acids is 1. The number of nitrogens with zero attached hydrogens (tertiary/aromatic N) is 2. The SMILES string of the molecule is CC(C)/C=C\C(=C/C(C)/C(C=O)=N\N(C)SF)B1OC(C)(C)C(C)(C)O1. The minimum atomic E-state index is -0.543. The summed E-state index contributed by atoms with van der Waals surface area (Å²) in [4.78, 5) is 11.4. The van der Waals surface area contributed by atoms with Gasteiger partial charge in [-0.1, -0.05) is 39.0 Å². The number of aldehydes is 1. The Morgan fingerprint density at radius 3 is 2.15 bits per heavy atom. The molecule has 26 heavy (non-hydrogen) atoms. The molecule has 0 radical (unpaired) electrons. The van der Waals surface area contributed by atoms with Crippen LogP contribution in [0.1, 0.15) is 48.5 Å². The van der Waals surface area contributed by atoms with Crippen LogP contribution in [0.5, 0.6) is 0 Å². The first-order valence-corrected chi connectivity index (χ1v) is 9.42. The molecule has 0 aliphatic carbocycles. The van der Waals surface area contributed by atoms with Gasteiger partial charge in [-0.25, -0.2) is 4.41 Å². The zero-order valence-corrected chi connectivity index (χ0v) is 17.8. The average Bonchev–Trinajstić information content (AvgIpc) is 2.76. The molecule has 0 aromatic heterocycles. The predicted molar refractivity (Wildman–Crippen MR) is 107 cm³/mol. The molecular formula is C18H30BFN2O3S. The summed E-state index contributed by atoms with van der Waals surface area (Å²) in [5.41, 5.74) is 0.121. The van der Waals surface area contributed by atoms with Gasteiger partial charge in [0.2, 0.25) is 0 Å². The second kappa shape index (κ2) is 9.19. The number of hydrogen-bond acceptors (Lipinski definition) is 6. The van der Waals surface area contributed by atoms with Crippen LogP contribution in [0.4, 0.5) is 3.89 Å². The van der Waals surface area contributed by atoms with Crippen molar-refractivity contribution >= 4 is 31.5 Å². The minimum Gasteiger partial charge on any atom is -0.399 e. The normalized spacial score (nSPS) is 21.5. The van der Waals surface area contributed by atoms with E-state index in [1.807, 2.05) is 52.8 Å². The average molecular weight is 384 g/mol. The first-order valence-electron chi connectivity index (χ1n) is 8.75. The molecule has 8 heteroatoms. The maximum atomic E-state index is 12.6. The zero-order chi connectivity index (χ0) is 20.1. The Hall–Kier alpha value is -1.12. The van der Waals surface area contributed by atoms with E-state index in [-0.39, 0.29) is 24.0 Å². The van der Waals surface area contributed by atoms with Gasteiger partial charge in [0.05, 0.1) is 11.2 Å². The van der Waals surface area contributed by atoms with E-state index in [9.17, 15) is 8.68 Å². The van der Waals surface area contributed by atoms with Crippen LogP contribution in [0.2, 0.25) is 0 Å². The lowest BCUT2D eigenvalue weighted by Gasteiger charge is -2.32. The Labute approximate surface area is 161 Å². The van der Waals surface area contributed by atoms with Crippen LogP contribution in [-0.2, 0) is 14.1 Å². The predicted octanol–water partition coefficient (Wildman–Crippen LogP) is 4.41. The Morgan fingerprint density at radius 2 is 1.73 bits per heavy atom. The third-order valence-electron chi connectivity index (χ3n) is 4.58. The minimum absolute atomic E-state index is 0.0534. The number of carbonyl (C=O) groups is 1. The lowest BCUT2D eigenvalue weighted by Crippen LogP contribution is -2.41. The molecule has 1 aliphatic rings. The van der Waals surface area contributed by atoms with E-state index in [1.54, 1.807) is 0 Å². The van der Waals surface area contributed by atoms with Gasteiger partial charge in [0.1, 0.15) is 5.71 Å². The van der Waals surface area contributed by atoms with Gasteiger partial charge in [0.15, 0.2) is 18.6 Å². The molecule has 0 spiro atoms. The van der Waals surface area contributed by atoms with Gasteiger partial charge in [-0.3, -0.25) is 4.79 Å². The van der Waals surface area contributed by atoms with Crippen molar-refractivity contribution in [2.75, 3.05) is 7.05 Å². The number of allylic oxidation sites excluding steroid dienone is 4. The van der Waals surface area contributed by atoms with E-state index in [0.29, 0.717) is 12.2 Å². The van der Waals surface area contributed by atoms with Crippen LogP contribution < -0.4 is 0 Å². The number of rotatable bonds is 8. The Kier molecular flexibility index (Phi) is 8.11. The summed E-state index contributed by atoms with van der Waals surface area (Å²) >= 11 is -0.0534. The topological polar surface area (TPSA) is 51.1 Å². The third kappa shape index (κ3) is 5.96. The van der Waals surface area contributed by atoms with Gasteiger partial charge >= 0.3 is 7.12 Å². The maximum absolute atomic E-state index is 12.6. The van der Waals surface area contributed by atoms with E-state index in [4.69, 9.17) is 9.31 Å². The fourth-order valence-electron chi connectivity index (χ4n) is 2.27. The Morgan fingerprint density at radius 1 is 1.19 bits per heavy atom. The molecule has 0 aromatic carbocycles. The van der Waals surface area contributed by atoms with E-state index in [1.165, 1.54) is 7.05 Å². The summed E-state index contributed by atoms with van der Waals surface area (Å²) in [5.74, 6) is 0.0253. The van der Waals surface area contributed by atoms with Gasteiger partial charge in [0, 0.05) is 13.0 Å². The fourth-order valence-corrected chi connectivity index (χ4v) is 2.39. The summed E-state index contributed by atoms with van der Waals surface area (Å²) in [6.45, 7) is 14.0. The highest BCUT2D eigenvalue weighted by molar-refractivity contribution is 7.91. The van der Waals surface area contributed by atoms with Gasteiger partial charge in [-0.05, 0) is 39.1 Å². The molecule has 0 saturated carbocycles. The lowest BCUT2D eigenvalue weighted by atomic mass is 9.75. The standard InChI is InChI=1S/C18H30BFN2O3S/c1-13(2)9-10-15(19-24-17(4,5)18(6,7)25-19)11-14(3)16(12-23)21-22(8)26-20/h9-14H,1-8H3/b10-9-,15-11+,21-16-. The van der Waals surface area contributed by atoms with Crippen LogP contribution in [0.25, 0.3) is 0 Å². The van der Waals surface area contributed by atoms with E-state index >= 15 is 0 Å². The van der Waals surface area contributed by atoms with E-state index < -0.39 is 18.3 Å². The highest BCUT2D eigenvalue weighted by atomic mass is 32.2. The monoisotopic (exact) mass is 384 g/mol. The van der Waals surface area contributed by atoms with Crippen molar-refractivity contribution in [2.45, 2.75) is 59.7 Å². The van der Waals surface area contributed by atoms with Crippen LogP contribution in [0.15, 0.2) is 28.8 Å². The Balaban J connectivity index is 3.20. The third-order valence-corrected chi connectivity index (χ3v) is 4.87. The van der Waals surface area contributed by atoms with Gasteiger partial charge in [0.25, 0.3) is 0 Å². The van der Waals surface area contributed by atoms with Crippen LogP contribution in [0, 0.1) is 11.8 Å². The molecule has 1 heterocycles. The molecule has 1 aliphatic heterocycles. The largest absolute Gasteiger partial charge is 0.494 e. The summed E-state index contributed by atoms with van der Waals surface area (Å²) in [6, 6.07) is 0. The van der Waals surface area contributed by atoms with Crippen molar-refractivity contribution in [1.82, 2.24) is 4.41 Å². The van der Waals surface area contributed by atoms with Gasteiger partial charge < -0.3 is 9.31 Å². The van der Waals surface area contributed by atoms with Crippen LogP contribution in [-0.4, -0.2) is 41.8 Å². The zero-order valence-electron chi connectivity index (χ0n) is 16.9. The number of hydrogen-bond donors (Lipinski definition) is 0. The van der Waals surface area contributed by atoms with E-state index in [2.05, 4.69) is 18.9 Å². The van der Waals surface area contributed by atoms with E-state index in [0.717, 1.165) is 9.89 Å². The molecule has 1 rings (SSSR count). The lowest BCUT2D eigenvalue weighted by molar-refractivity contribution is -0.102. The highest BCUT2D eigenvalue weighted by Gasteiger charge is 2.52. The molecule has 0 N–H and O–H groups in total. The fraction of sp³-hybridized carbons (Fsp3) is 0.667. The van der Waals surface area contributed by atoms with Crippen LogP contribution >= 0.6 is 12.3 Å². The smallest absolute Gasteiger partial charge is 0.399 e. The number of hydrazone groups is 1. The molecule has 146 valence electrons. The summed E-state index contributed by atoms with van der Waals surface area (Å²) in [7, 11) is 0.900. The van der Waals surface area contributed by atoms with Gasteiger partial charge in [-0.15, -0.1) is 3.89 Å². The summed E-state index contributed by atoms with van der Waals surface area (Å²) in [5, 5.41) is 3.97. The molecule has 5 nitrogen and oxygen atoms in total. The molecule has 0 amide bonds. The molecular weight excluding hydrogens is 354 g/mol. The molecule has 1 atom stereocenters. The molecule has 1 unspecified atom stereocenters. The molecule has 1 fully saturated rings. The molecule has 0 bridgehead atoms. The second-order valence-corrected chi connectivity index (χ2v) is 8.49. The van der Waals surface area contributed by atoms with Crippen molar-refractivity contribution in [1.29, 1.82) is 0 Å². The molecule has 0 aromatic rings. The maximum Gasteiger partial charge on any atom is 0.494 e. The quantitative estimate of drug-likeness (QED) is 0.155. The first-order chi connectivity index (χ1) is 11.9. The van der Waals surface area contributed by atoms with Crippen molar-refractivity contribution in [3.05, 3.63) is 23.7 Å². The Bertz CT molecular complexity index is 575. The second-order valence-electron chi connectivity index (χ2n) is 7.82. The van der Waals surface area contributed by atoms with Crippen molar-refractivity contribution in [3.63, 3.8) is 0 Å². The van der Waals surface area contributed by atoms with Gasteiger partial charge in [-0.2, -0.15) is 5.10 Å². The van der Waals surface area contributed by atoms with Crippen molar-refractivity contribution in [3.8, 4) is 0 Å². The molecule has 1 saturated heterocycles. The van der Waals surface area contributed by atoms with Crippen LogP contribution in [0.3, 0.4) is 0 Å². The van der Waals surface area contributed by atoms with Crippen molar-refractivity contribution in [2.24, 2.45) is 16.9 Å².